The molecule has 0 spiro atoms. The largest absolute Gasteiger partial charge is 0.355 e. The molecule has 0 aromatic carbocycles. The summed E-state index contributed by atoms with van der Waals surface area (Å²) in [6.07, 6.45) is 5.44. The Morgan fingerprint density at radius 1 is 1.44 bits per heavy atom. The Morgan fingerprint density at radius 3 is 2.83 bits per heavy atom. The molecular formula is C13H20N4O. The monoisotopic (exact) mass is 248 g/mol. The maximum Gasteiger partial charge on any atom is 0.237 e. The number of nitrogens with zero attached hydrogens (tertiary/aromatic N) is 3. The molecule has 0 saturated carbocycles. The number of carbonyl (C=O) groups is 1. The third-order valence-corrected chi connectivity index (χ3v) is 3.23. The second-order valence-electron chi connectivity index (χ2n) is 4.72. The van der Waals surface area contributed by atoms with E-state index >= 15 is 0 Å². The number of carbonyl (C=O) groups excluding carboxylic acids is 1. The second kappa shape index (κ2) is 5.91. The summed E-state index contributed by atoms with van der Waals surface area (Å²) in [5.41, 5.74) is 1.06. The van der Waals surface area contributed by atoms with Gasteiger partial charge in [-0.3, -0.25) is 9.69 Å². The smallest absolute Gasteiger partial charge is 0.237 e. The molecule has 2 heterocycles. The first-order valence-electron chi connectivity index (χ1n) is 6.50. The van der Waals surface area contributed by atoms with Crippen LogP contribution >= 0.6 is 0 Å². The topological polar surface area (TPSA) is 58.1 Å². The van der Waals surface area contributed by atoms with Gasteiger partial charge in [0.25, 0.3) is 0 Å². The first-order valence-corrected chi connectivity index (χ1v) is 6.50. The van der Waals surface area contributed by atoms with E-state index in [4.69, 9.17) is 0 Å². The van der Waals surface area contributed by atoms with Gasteiger partial charge in [0.1, 0.15) is 5.82 Å². The first kappa shape index (κ1) is 13.0. The number of aryl methyl sites for hydroxylation is 1. The van der Waals surface area contributed by atoms with E-state index in [2.05, 4.69) is 20.2 Å². The molecule has 18 heavy (non-hydrogen) atoms. The van der Waals surface area contributed by atoms with Crippen LogP contribution in [0, 0.1) is 6.92 Å². The molecule has 2 rings (SSSR count). The predicted molar refractivity (Wildman–Crippen MR) is 68.9 cm³/mol. The third kappa shape index (κ3) is 3.04. The van der Waals surface area contributed by atoms with Gasteiger partial charge in [-0.25, -0.2) is 9.97 Å². The zero-order valence-electron chi connectivity index (χ0n) is 11.0. The average molecular weight is 248 g/mol. The van der Waals surface area contributed by atoms with E-state index in [0.717, 1.165) is 37.3 Å². The second-order valence-corrected chi connectivity index (χ2v) is 4.72. The molecule has 98 valence electrons. The lowest BCUT2D eigenvalue weighted by molar-refractivity contribution is -0.125. The maximum atomic E-state index is 11.9. The highest BCUT2D eigenvalue weighted by Gasteiger charge is 2.26. The first-order chi connectivity index (χ1) is 8.70. The summed E-state index contributed by atoms with van der Waals surface area (Å²) in [7, 11) is 0. The van der Waals surface area contributed by atoms with Crippen molar-refractivity contribution >= 4 is 5.91 Å². The molecule has 1 aromatic rings. The minimum absolute atomic E-state index is 0.0580. The number of rotatable bonds is 3. The molecule has 0 bridgehead atoms. The Balaban J connectivity index is 2.09. The van der Waals surface area contributed by atoms with Crippen LogP contribution in [0.2, 0.25) is 0 Å². The van der Waals surface area contributed by atoms with Crippen LogP contribution in [0.25, 0.3) is 0 Å². The molecule has 5 heteroatoms. The summed E-state index contributed by atoms with van der Waals surface area (Å²) in [4.78, 5) is 22.7. The van der Waals surface area contributed by atoms with E-state index < -0.39 is 0 Å². The zero-order chi connectivity index (χ0) is 13.0. The van der Waals surface area contributed by atoms with Crippen molar-refractivity contribution in [1.29, 1.82) is 0 Å². The van der Waals surface area contributed by atoms with E-state index in [0.29, 0.717) is 6.54 Å². The van der Waals surface area contributed by atoms with E-state index in [1.54, 1.807) is 0 Å². The fourth-order valence-corrected chi connectivity index (χ4v) is 2.25. The predicted octanol–water partition coefficient (Wildman–Crippen LogP) is 0.886. The summed E-state index contributed by atoms with van der Waals surface area (Å²) in [6.45, 7) is 6.33. The van der Waals surface area contributed by atoms with Crippen LogP contribution in [0.3, 0.4) is 0 Å². The Kier molecular flexibility index (Phi) is 4.25. The van der Waals surface area contributed by atoms with Crippen LogP contribution in [-0.2, 0) is 11.3 Å². The molecule has 1 aliphatic heterocycles. The number of aromatic nitrogens is 2. The molecule has 5 nitrogen and oxygen atoms in total. The van der Waals surface area contributed by atoms with E-state index in [1.807, 2.05) is 26.2 Å². The molecule has 0 aliphatic carbocycles. The van der Waals surface area contributed by atoms with E-state index in [1.165, 1.54) is 0 Å². The molecule has 0 radical (unpaired) electrons. The number of hydrogen-bond donors (Lipinski definition) is 1. The fourth-order valence-electron chi connectivity index (χ4n) is 2.25. The van der Waals surface area contributed by atoms with Gasteiger partial charge in [0.2, 0.25) is 5.91 Å². The van der Waals surface area contributed by atoms with Crippen molar-refractivity contribution in [3.05, 3.63) is 23.8 Å². The molecule has 1 aromatic heterocycles. The van der Waals surface area contributed by atoms with Gasteiger partial charge in [-0.15, -0.1) is 0 Å². The molecule has 1 N–H and O–H groups in total. The lowest BCUT2D eigenvalue weighted by Crippen LogP contribution is -2.43. The Morgan fingerprint density at radius 2 is 2.17 bits per heavy atom. The van der Waals surface area contributed by atoms with Gasteiger partial charge in [0.15, 0.2) is 0 Å². The summed E-state index contributed by atoms with van der Waals surface area (Å²) < 4.78 is 0. The number of amides is 1. The number of nitrogens with one attached hydrogen (secondary N) is 1. The van der Waals surface area contributed by atoms with Gasteiger partial charge in [0.05, 0.1) is 12.6 Å². The minimum atomic E-state index is -0.0580. The van der Waals surface area contributed by atoms with Crippen molar-refractivity contribution < 1.29 is 4.79 Å². The summed E-state index contributed by atoms with van der Waals surface area (Å²) >= 11 is 0. The van der Waals surface area contributed by atoms with Crippen molar-refractivity contribution in [2.24, 2.45) is 0 Å². The van der Waals surface area contributed by atoms with Gasteiger partial charge >= 0.3 is 0 Å². The average Bonchev–Trinajstić information content (AvgIpc) is 2.54. The molecule has 0 unspecified atom stereocenters. The van der Waals surface area contributed by atoms with Crippen molar-refractivity contribution in [1.82, 2.24) is 20.2 Å². The highest BCUT2D eigenvalue weighted by molar-refractivity contribution is 5.81. The third-order valence-electron chi connectivity index (χ3n) is 3.23. The van der Waals surface area contributed by atoms with Crippen molar-refractivity contribution in [2.75, 3.05) is 13.1 Å². The van der Waals surface area contributed by atoms with Crippen LogP contribution in [0.1, 0.15) is 31.2 Å². The van der Waals surface area contributed by atoms with E-state index in [-0.39, 0.29) is 11.9 Å². The van der Waals surface area contributed by atoms with Crippen molar-refractivity contribution in [3.63, 3.8) is 0 Å². The normalized spacial score (nSPS) is 21.4. The Labute approximate surface area is 108 Å². The molecule has 1 atom stereocenters. The number of hydrogen-bond acceptors (Lipinski definition) is 4. The maximum absolute atomic E-state index is 11.9. The van der Waals surface area contributed by atoms with Gasteiger partial charge in [-0.05, 0) is 25.3 Å². The van der Waals surface area contributed by atoms with Gasteiger partial charge in [-0.1, -0.05) is 6.92 Å². The summed E-state index contributed by atoms with van der Waals surface area (Å²) in [6, 6.07) is -0.0580. The lowest BCUT2D eigenvalue weighted by Gasteiger charge is -2.26. The Hall–Kier alpha value is -1.49. The summed E-state index contributed by atoms with van der Waals surface area (Å²) in [5, 5.41) is 2.95. The molecule has 1 aliphatic rings. The van der Waals surface area contributed by atoms with Crippen LogP contribution in [0.4, 0.5) is 0 Å². The molecular weight excluding hydrogens is 228 g/mol. The van der Waals surface area contributed by atoms with Crippen LogP contribution < -0.4 is 5.32 Å². The zero-order valence-corrected chi connectivity index (χ0v) is 11.0. The van der Waals surface area contributed by atoms with Crippen molar-refractivity contribution in [3.8, 4) is 0 Å². The standard InChI is InChI=1S/C13H20N4O/c1-3-11-13(18)14-5-4-6-17(11)9-12-15-7-10(2)8-16-12/h7-8,11H,3-6,9H2,1-2H3,(H,14,18)/t11-/m0/s1. The highest BCUT2D eigenvalue weighted by Crippen LogP contribution is 2.12. The minimum Gasteiger partial charge on any atom is -0.355 e. The van der Waals surface area contributed by atoms with Gasteiger partial charge < -0.3 is 5.32 Å². The van der Waals surface area contributed by atoms with E-state index in [9.17, 15) is 4.79 Å². The van der Waals surface area contributed by atoms with Crippen LogP contribution in [0.15, 0.2) is 12.4 Å². The fraction of sp³-hybridized carbons (Fsp3) is 0.615. The van der Waals surface area contributed by atoms with Crippen LogP contribution in [-0.4, -0.2) is 39.9 Å². The van der Waals surface area contributed by atoms with Gasteiger partial charge in [0, 0.05) is 25.5 Å². The highest BCUT2D eigenvalue weighted by atomic mass is 16.2. The Bertz CT molecular complexity index is 404. The SMILES string of the molecule is CC[C@H]1C(=O)NCCCN1Cc1ncc(C)cn1. The van der Waals surface area contributed by atoms with Crippen molar-refractivity contribution in [2.45, 2.75) is 39.3 Å². The molecule has 1 fully saturated rings. The molecule has 1 amide bonds. The van der Waals surface area contributed by atoms with Crippen LogP contribution in [0.5, 0.6) is 0 Å². The lowest BCUT2D eigenvalue weighted by atomic mass is 10.2. The summed E-state index contributed by atoms with van der Waals surface area (Å²) in [5.74, 6) is 0.913. The van der Waals surface area contributed by atoms with Gasteiger partial charge in [-0.2, -0.15) is 0 Å². The quantitative estimate of drug-likeness (QED) is 0.863. The molecule has 1 saturated heterocycles.